The molecule has 148 valence electrons. The highest BCUT2D eigenvalue weighted by molar-refractivity contribution is 7.09. The number of fused-ring (bicyclic) bond motifs is 1. The first-order valence-electron chi connectivity index (χ1n) is 9.57. The third-order valence-corrected chi connectivity index (χ3v) is 5.75. The Bertz CT molecular complexity index is 1190. The zero-order valence-electron chi connectivity index (χ0n) is 16.9. The van der Waals surface area contributed by atoms with Gasteiger partial charge in [-0.1, -0.05) is 24.3 Å². The van der Waals surface area contributed by atoms with Crippen LogP contribution in [0.15, 0.2) is 41.9 Å². The lowest BCUT2D eigenvalue weighted by molar-refractivity contribution is 0.0952. The van der Waals surface area contributed by atoms with E-state index >= 15 is 0 Å². The number of aryl methyl sites for hydroxylation is 2. The van der Waals surface area contributed by atoms with E-state index in [1.54, 1.807) is 17.5 Å². The zero-order chi connectivity index (χ0) is 20.5. The van der Waals surface area contributed by atoms with Crippen molar-refractivity contribution in [2.45, 2.75) is 40.3 Å². The molecule has 0 aliphatic heterocycles. The van der Waals surface area contributed by atoms with E-state index in [1.807, 2.05) is 54.2 Å². The maximum absolute atomic E-state index is 13.1. The van der Waals surface area contributed by atoms with Crippen molar-refractivity contribution in [3.63, 3.8) is 0 Å². The molecule has 3 aromatic heterocycles. The van der Waals surface area contributed by atoms with Crippen molar-refractivity contribution in [3.8, 4) is 11.3 Å². The molecule has 3 heterocycles. The summed E-state index contributed by atoms with van der Waals surface area (Å²) in [5, 5.41) is 11.1. The summed E-state index contributed by atoms with van der Waals surface area (Å²) in [6.07, 6.45) is 1.73. The zero-order valence-corrected chi connectivity index (χ0v) is 17.7. The fourth-order valence-electron chi connectivity index (χ4n) is 3.32. The molecule has 4 aromatic rings. The van der Waals surface area contributed by atoms with E-state index in [-0.39, 0.29) is 11.9 Å². The van der Waals surface area contributed by atoms with E-state index in [1.165, 1.54) is 0 Å². The normalized spacial score (nSPS) is 11.3. The number of hydrogen-bond acceptors (Lipinski definition) is 5. The summed E-state index contributed by atoms with van der Waals surface area (Å²) < 4.78 is 1.86. The van der Waals surface area contributed by atoms with E-state index in [0.29, 0.717) is 12.1 Å². The number of hydrogen-bond donors (Lipinski definition) is 1. The summed E-state index contributed by atoms with van der Waals surface area (Å²) in [4.78, 5) is 22.4. The Morgan fingerprint density at radius 3 is 2.69 bits per heavy atom. The number of nitrogens with one attached hydrogen (secondary N) is 1. The Morgan fingerprint density at radius 2 is 2.00 bits per heavy atom. The highest BCUT2D eigenvalue weighted by Gasteiger charge is 2.19. The molecule has 6 nitrogen and oxygen atoms in total. The van der Waals surface area contributed by atoms with Gasteiger partial charge in [-0.25, -0.2) is 14.6 Å². The van der Waals surface area contributed by atoms with Crippen LogP contribution < -0.4 is 5.32 Å². The second-order valence-electron chi connectivity index (χ2n) is 7.36. The van der Waals surface area contributed by atoms with Crippen molar-refractivity contribution in [1.29, 1.82) is 0 Å². The number of carbonyl (C=O) groups is 1. The second-order valence-corrected chi connectivity index (χ2v) is 8.30. The molecular weight excluding hydrogens is 382 g/mol. The molecule has 0 aliphatic carbocycles. The SMILES string of the molecule is Cc1csc(CNC(=O)c2cc(-c3ccccc3C)nc3c2cnn3C(C)C)n1. The molecule has 29 heavy (non-hydrogen) atoms. The summed E-state index contributed by atoms with van der Waals surface area (Å²) in [7, 11) is 0. The topological polar surface area (TPSA) is 72.7 Å². The van der Waals surface area contributed by atoms with Gasteiger partial charge in [-0.2, -0.15) is 5.10 Å². The number of aromatic nitrogens is 4. The van der Waals surface area contributed by atoms with Gasteiger partial charge in [-0.15, -0.1) is 11.3 Å². The maximum atomic E-state index is 13.1. The monoisotopic (exact) mass is 405 g/mol. The van der Waals surface area contributed by atoms with E-state index in [4.69, 9.17) is 4.98 Å². The fourth-order valence-corrected chi connectivity index (χ4v) is 4.03. The minimum atomic E-state index is -0.150. The van der Waals surface area contributed by atoms with E-state index in [9.17, 15) is 4.79 Å². The molecule has 0 fully saturated rings. The van der Waals surface area contributed by atoms with Gasteiger partial charge in [0.15, 0.2) is 5.65 Å². The van der Waals surface area contributed by atoms with Gasteiger partial charge in [0, 0.05) is 22.7 Å². The van der Waals surface area contributed by atoms with Gasteiger partial charge in [0.05, 0.1) is 29.4 Å². The van der Waals surface area contributed by atoms with Gasteiger partial charge in [0.25, 0.3) is 5.91 Å². The standard InChI is InChI=1S/C22H23N5OS/c1-13(2)27-21-18(10-24-27)17(22(28)23-11-20-25-15(4)12-29-20)9-19(26-21)16-8-6-5-7-14(16)3/h5-10,12-13H,11H2,1-4H3,(H,23,28). The van der Waals surface area contributed by atoms with Crippen molar-refractivity contribution in [2.24, 2.45) is 0 Å². The van der Waals surface area contributed by atoms with Crippen LogP contribution in [0.1, 0.15) is 46.5 Å². The van der Waals surface area contributed by atoms with Crippen molar-refractivity contribution in [2.75, 3.05) is 0 Å². The van der Waals surface area contributed by atoms with E-state index in [0.717, 1.165) is 38.6 Å². The van der Waals surface area contributed by atoms with Crippen molar-refractivity contribution in [1.82, 2.24) is 25.1 Å². The summed E-state index contributed by atoms with van der Waals surface area (Å²) in [5.74, 6) is -0.150. The van der Waals surface area contributed by atoms with Crippen LogP contribution in [0, 0.1) is 13.8 Å². The van der Waals surface area contributed by atoms with Gasteiger partial charge < -0.3 is 5.32 Å². The molecule has 0 bridgehead atoms. The van der Waals surface area contributed by atoms with Crippen LogP contribution >= 0.6 is 11.3 Å². The number of nitrogens with zero attached hydrogens (tertiary/aromatic N) is 4. The summed E-state index contributed by atoms with van der Waals surface area (Å²) in [6, 6.07) is 10.1. The molecule has 0 aliphatic rings. The van der Waals surface area contributed by atoms with Crippen LogP contribution in [-0.4, -0.2) is 25.7 Å². The summed E-state index contributed by atoms with van der Waals surface area (Å²) >= 11 is 1.55. The van der Waals surface area contributed by atoms with Gasteiger partial charge in [-0.05, 0) is 39.3 Å². The molecule has 1 amide bonds. The first kappa shape index (κ1) is 19.3. The van der Waals surface area contributed by atoms with Gasteiger partial charge in [0.2, 0.25) is 0 Å². The summed E-state index contributed by atoms with van der Waals surface area (Å²) in [6.45, 7) is 8.51. The molecule has 0 atom stereocenters. The van der Waals surface area contributed by atoms with Crippen molar-refractivity contribution >= 4 is 28.3 Å². The molecule has 7 heteroatoms. The highest BCUT2D eigenvalue weighted by atomic mass is 32.1. The predicted molar refractivity (Wildman–Crippen MR) is 116 cm³/mol. The van der Waals surface area contributed by atoms with Gasteiger partial charge in [-0.3, -0.25) is 4.79 Å². The van der Waals surface area contributed by atoms with Crippen LogP contribution in [0.3, 0.4) is 0 Å². The van der Waals surface area contributed by atoms with Crippen LogP contribution in [0.25, 0.3) is 22.3 Å². The molecule has 1 aromatic carbocycles. The lowest BCUT2D eigenvalue weighted by Gasteiger charge is -2.12. The minimum absolute atomic E-state index is 0.140. The molecule has 0 unspecified atom stereocenters. The van der Waals surface area contributed by atoms with Gasteiger partial charge >= 0.3 is 0 Å². The first-order valence-corrected chi connectivity index (χ1v) is 10.5. The molecule has 0 saturated heterocycles. The number of rotatable bonds is 5. The molecule has 0 spiro atoms. The second kappa shape index (κ2) is 7.75. The van der Waals surface area contributed by atoms with Gasteiger partial charge in [0.1, 0.15) is 5.01 Å². The van der Waals surface area contributed by atoms with Crippen molar-refractivity contribution < 1.29 is 4.79 Å². The molecular formula is C22H23N5OS. The smallest absolute Gasteiger partial charge is 0.252 e. The van der Waals surface area contributed by atoms with E-state index < -0.39 is 0 Å². The van der Waals surface area contributed by atoms with E-state index in [2.05, 4.69) is 29.2 Å². The lowest BCUT2D eigenvalue weighted by Crippen LogP contribution is -2.23. The Morgan fingerprint density at radius 1 is 1.21 bits per heavy atom. The molecule has 1 N–H and O–H groups in total. The Labute approximate surface area is 173 Å². The Balaban J connectivity index is 1.79. The third kappa shape index (κ3) is 3.78. The largest absolute Gasteiger partial charge is 0.346 e. The quantitative estimate of drug-likeness (QED) is 0.523. The summed E-state index contributed by atoms with van der Waals surface area (Å²) in [5.41, 5.74) is 5.15. The van der Waals surface area contributed by atoms with Crippen LogP contribution in [0.2, 0.25) is 0 Å². The number of amides is 1. The number of thiazole rings is 1. The molecule has 4 rings (SSSR count). The number of pyridine rings is 1. The highest BCUT2D eigenvalue weighted by Crippen LogP contribution is 2.28. The Kier molecular flexibility index (Phi) is 5.15. The average Bonchev–Trinajstić information content (AvgIpc) is 3.31. The molecule has 0 radical (unpaired) electrons. The van der Waals surface area contributed by atoms with Crippen molar-refractivity contribution in [3.05, 3.63) is 63.7 Å². The maximum Gasteiger partial charge on any atom is 0.252 e. The number of carbonyl (C=O) groups excluding carboxylic acids is 1. The van der Waals surface area contributed by atoms with Crippen LogP contribution in [0.4, 0.5) is 0 Å². The predicted octanol–water partition coefficient (Wildman–Crippen LogP) is 4.68. The fraction of sp³-hybridized carbons (Fsp3) is 0.273. The first-order chi connectivity index (χ1) is 13.9. The van der Waals surface area contributed by atoms with Crippen LogP contribution in [-0.2, 0) is 6.54 Å². The number of benzene rings is 1. The Hall–Kier alpha value is -3.06. The third-order valence-electron chi connectivity index (χ3n) is 4.79. The minimum Gasteiger partial charge on any atom is -0.346 e. The molecule has 0 saturated carbocycles. The van der Waals surface area contributed by atoms with Crippen LogP contribution in [0.5, 0.6) is 0 Å². The lowest BCUT2D eigenvalue weighted by atomic mass is 10.0. The average molecular weight is 406 g/mol.